The standard InChI is InChI=1S/C12H9NO2S/c1-2-15-12(14)11-6-9-8(7-13)4-3-5-10(9)16-11/h3-6H,2H2,1H3. The molecule has 0 bridgehead atoms. The molecule has 2 aromatic rings. The van der Waals surface area contributed by atoms with Crippen LogP contribution in [0.5, 0.6) is 0 Å². The number of carbonyl (C=O) groups is 1. The predicted octanol–water partition coefficient (Wildman–Crippen LogP) is 2.95. The third-order valence-corrected chi connectivity index (χ3v) is 3.24. The Hall–Kier alpha value is -1.86. The molecule has 0 unspecified atom stereocenters. The van der Waals surface area contributed by atoms with Crippen LogP contribution in [-0.4, -0.2) is 12.6 Å². The second-order valence-corrected chi connectivity index (χ2v) is 4.24. The summed E-state index contributed by atoms with van der Waals surface area (Å²) < 4.78 is 5.85. The molecule has 0 spiro atoms. The number of hydrogen-bond acceptors (Lipinski definition) is 4. The molecule has 0 saturated carbocycles. The lowest BCUT2D eigenvalue weighted by atomic mass is 10.1. The molecular weight excluding hydrogens is 222 g/mol. The van der Waals surface area contributed by atoms with E-state index in [1.54, 1.807) is 19.1 Å². The van der Waals surface area contributed by atoms with Gasteiger partial charge in [0.25, 0.3) is 0 Å². The van der Waals surface area contributed by atoms with Crippen molar-refractivity contribution in [2.45, 2.75) is 6.92 Å². The van der Waals surface area contributed by atoms with Gasteiger partial charge < -0.3 is 4.74 Å². The van der Waals surface area contributed by atoms with E-state index in [2.05, 4.69) is 6.07 Å². The molecule has 0 radical (unpaired) electrons. The van der Waals surface area contributed by atoms with Crippen LogP contribution in [-0.2, 0) is 4.74 Å². The van der Waals surface area contributed by atoms with E-state index >= 15 is 0 Å². The van der Waals surface area contributed by atoms with Gasteiger partial charge in [-0.3, -0.25) is 0 Å². The zero-order chi connectivity index (χ0) is 11.5. The minimum atomic E-state index is -0.326. The Morgan fingerprint density at radius 1 is 1.56 bits per heavy atom. The number of rotatable bonds is 2. The van der Waals surface area contributed by atoms with E-state index in [9.17, 15) is 4.79 Å². The van der Waals surface area contributed by atoms with Crippen molar-refractivity contribution in [2.24, 2.45) is 0 Å². The Morgan fingerprint density at radius 2 is 2.38 bits per heavy atom. The molecule has 0 aliphatic rings. The number of benzene rings is 1. The largest absolute Gasteiger partial charge is 0.462 e. The lowest BCUT2D eigenvalue weighted by molar-refractivity contribution is 0.0532. The number of nitrogens with zero attached hydrogens (tertiary/aromatic N) is 1. The Labute approximate surface area is 96.9 Å². The summed E-state index contributed by atoms with van der Waals surface area (Å²) in [5.41, 5.74) is 0.587. The topological polar surface area (TPSA) is 50.1 Å². The Balaban J connectivity index is 2.52. The first-order valence-electron chi connectivity index (χ1n) is 4.86. The van der Waals surface area contributed by atoms with Crippen molar-refractivity contribution in [1.82, 2.24) is 0 Å². The quantitative estimate of drug-likeness (QED) is 0.746. The summed E-state index contributed by atoms with van der Waals surface area (Å²) >= 11 is 1.35. The first kappa shape index (κ1) is 10.7. The Bertz CT molecular complexity index is 580. The van der Waals surface area contributed by atoms with E-state index in [1.165, 1.54) is 11.3 Å². The lowest BCUT2D eigenvalue weighted by Crippen LogP contribution is -2.01. The smallest absolute Gasteiger partial charge is 0.348 e. The van der Waals surface area contributed by atoms with Gasteiger partial charge in [-0.1, -0.05) is 6.07 Å². The minimum absolute atomic E-state index is 0.326. The zero-order valence-corrected chi connectivity index (χ0v) is 9.50. The molecule has 0 fully saturated rings. The van der Waals surface area contributed by atoms with Gasteiger partial charge in [-0.15, -0.1) is 11.3 Å². The van der Waals surface area contributed by atoms with Crippen molar-refractivity contribution in [2.75, 3.05) is 6.61 Å². The monoisotopic (exact) mass is 231 g/mol. The molecule has 4 heteroatoms. The van der Waals surface area contributed by atoms with Crippen LogP contribution in [0.25, 0.3) is 10.1 Å². The number of nitriles is 1. The third kappa shape index (κ3) is 1.77. The Morgan fingerprint density at radius 3 is 3.06 bits per heavy atom. The maximum Gasteiger partial charge on any atom is 0.348 e. The normalized spacial score (nSPS) is 10.0. The minimum Gasteiger partial charge on any atom is -0.462 e. The van der Waals surface area contributed by atoms with Gasteiger partial charge in [0.1, 0.15) is 4.88 Å². The van der Waals surface area contributed by atoms with E-state index in [0.717, 1.165) is 10.1 Å². The van der Waals surface area contributed by atoms with E-state index in [4.69, 9.17) is 10.00 Å². The van der Waals surface area contributed by atoms with E-state index in [-0.39, 0.29) is 5.97 Å². The molecule has 16 heavy (non-hydrogen) atoms. The van der Waals surface area contributed by atoms with Crippen LogP contribution in [0, 0.1) is 11.3 Å². The Kier molecular flexibility index (Phi) is 2.88. The molecular formula is C12H9NO2S. The summed E-state index contributed by atoms with van der Waals surface area (Å²) in [5.74, 6) is -0.326. The number of esters is 1. The number of fused-ring (bicyclic) bond motifs is 1. The fraction of sp³-hybridized carbons (Fsp3) is 0.167. The number of hydrogen-bond donors (Lipinski definition) is 0. The van der Waals surface area contributed by atoms with E-state index < -0.39 is 0 Å². The van der Waals surface area contributed by atoms with Crippen molar-refractivity contribution in [3.63, 3.8) is 0 Å². The molecule has 80 valence electrons. The first-order chi connectivity index (χ1) is 7.76. The van der Waals surface area contributed by atoms with Crippen LogP contribution in [0.1, 0.15) is 22.2 Å². The number of thiophene rings is 1. The van der Waals surface area contributed by atoms with Gasteiger partial charge in [-0.2, -0.15) is 5.26 Å². The lowest BCUT2D eigenvalue weighted by Gasteiger charge is -1.95. The molecule has 3 nitrogen and oxygen atoms in total. The van der Waals surface area contributed by atoms with Gasteiger partial charge in [-0.05, 0) is 25.1 Å². The maximum absolute atomic E-state index is 11.5. The molecule has 0 amide bonds. The molecule has 0 atom stereocenters. The second-order valence-electron chi connectivity index (χ2n) is 3.16. The summed E-state index contributed by atoms with van der Waals surface area (Å²) in [6, 6.07) is 9.27. The van der Waals surface area contributed by atoms with Gasteiger partial charge in [0.2, 0.25) is 0 Å². The second kappa shape index (κ2) is 4.33. The van der Waals surface area contributed by atoms with Crippen LogP contribution in [0.15, 0.2) is 24.3 Å². The molecule has 2 rings (SSSR count). The fourth-order valence-electron chi connectivity index (χ4n) is 1.46. The zero-order valence-electron chi connectivity index (χ0n) is 8.69. The summed E-state index contributed by atoms with van der Waals surface area (Å²) in [4.78, 5) is 12.1. The molecule has 0 aliphatic carbocycles. The fourth-order valence-corrected chi connectivity index (χ4v) is 2.44. The van der Waals surface area contributed by atoms with Crippen LogP contribution in [0.4, 0.5) is 0 Å². The van der Waals surface area contributed by atoms with Crippen molar-refractivity contribution in [3.05, 3.63) is 34.7 Å². The highest BCUT2D eigenvalue weighted by atomic mass is 32.1. The third-order valence-electron chi connectivity index (χ3n) is 2.16. The number of carbonyl (C=O) groups excluding carboxylic acids is 1. The van der Waals surface area contributed by atoms with Crippen molar-refractivity contribution in [1.29, 1.82) is 5.26 Å². The van der Waals surface area contributed by atoms with Crippen LogP contribution in [0.3, 0.4) is 0 Å². The molecule has 1 aromatic heterocycles. The molecule has 1 aromatic carbocycles. The van der Waals surface area contributed by atoms with Crippen molar-refractivity contribution < 1.29 is 9.53 Å². The van der Waals surface area contributed by atoms with Gasteiger partial charge in [0, 0.05) is 10.1 Å². The summed E-state index contributed by atoms with van der Waals surface area (Å²) in [7, 11) is 0. The summed E-state index contributed by atoms with van der Waals surface area (Å²) in [6.45, 7) is 2.13. The molecule has 0 saturated heterocycles. The highest BCUT2D eigenvalue weighted by Crippen LogP contribution is 2.28. The van der Waals surface area contributed by atoms with Crippen LogP contribution < -0.4 is 0 Å². The average Bonchev–Trinajstić information content (AvgIpc) is 2.72. The van der Waals surface area contributed by atoms with Crippen LogP contribution in [0.2, 0.25) is 0 Å². The highest BCUT2D eigenvalue weighted by molar-refractivity contribution is 7.20. The van der Waals surface area contributed by atoms with Crippen molar-refractivity contribution >= 4 is 27.4 Å². The summed E-state index contributed by atoms with van der Waals surface area (Å²) in [6.07, 6.45) is 0. The van der Waals surface area contributed by atoms with Gasteiger partial charge in [-0.25, -0.2) is 4.79 Å². The predicted molar refractivity (Wildman–Crippen MR) is 62.5 cm³/mol. The van der Waals surface area contributed by atoms with Crippen molar-refractivity contribution in [3.8, 4) is 6.07 Å². The molecule has 0 aliphatic heterocycles. The van der Waals surface area contributed by atoms with Gasteiger partial charge >= 0.3 is 5.97 Å². The highest BCUT2D eigenvalue weighted by Gasteiger charge is 2.12. The SMILES string of the molecule is CCOC(=O)c1cc2c(C#N)cccc2s1. The van der Waals surface area contributed by atoms with E-state index in [0.29, 0.717) is 17.0 Å². The molecule has 1 heterocycles. The molecule has 0 N–H and O–H groups in total. The van der Waals surface area contributed by atoms with Gasteiger partial charge in [0.05, 0.1) is 18.2 Å². The maximum atomic E-state index is 11.5. The van der Waals surface area contributed by atoms with Crippen LogP contribution >= 0.6 is 11.3 Å². The first-order valence-corrected chi connectivity index (χ1v) is 5.67. The van der Waals surface area contributed by atoms with Gasteiger partial charge in [0.15, 0.2) is 0 Å². The number of ether oxygens (including phenoxy) is 1. The average molecular weight is 231 g/mol. The summed E-state index contributed by atoms with van der Waals surface area (Å²) in [5, 5.41) is 9.74. The van der Waals surface area contributed by atoms with E-state index in [1.807, 2.05) is 12.1 Å².